The fourth-order valence-corrected chi connectivity index (χ4v) is 2.97. The maximum atomic E-state index is 5.51. The Labute approximate surface area is 131 Å². The lowest BCUT2D eigenvalue weighted by molar-refractivity contribution is 0.0593. The van der Waals surface area contributed by atoms with Crippen LogP contribution >= 0.6 is 0 Å². The van der Waals surface area contributed by atoms with Gasteiger partial charge < -0.3 is 14.6 Å². The van der Waals surface area contributed by atoms with E-state index in [1.165, 1.54) is 0 Å². The number of aryl methyl sites for hydroxylation is 2. The van der Waals surface area contributed by atoms with Crippen LogP contribution in [0.15, 0.2) is 24.7 Å². The van der Waals surface area contributed by atoms with Gasteiger partial charge in [-0.15, -0.1) is 0 Å². The van der Waals surface area contributed by atoms with Crippen molar-refractivity contribution in [2.75, 3.05) is 18.5 Å². The van der Waals surface area contributed by atoms with Gasteiger partial charge in [-0.1, -0.05) is 0 Å². The van der Waals surface area contributed by atoms with Crippen LogP contribution in [0.25, 0.3) is 0 Å². The van der Waals surface area contributed by atoms with Crippen LogP contribution in [0.1, 0.15) is 37.3 Å². The Balaban J connectivity index is 1.88. The average molecular weight is 301 g/mol. The summed E-state index contributed by atoms with van der Waals surface area (Å²) in [4.78, 5) is 13.4. The molecule has 1 fully saturated rings. The first kappa shape index (κ1) is 15.0. The molecule has 0 unspecified atom stereocenters. The molecule has 1 atom stereocenters. The van der Waals surface area contributed by atoms with E-state index in [2.05, 4.69) is 31.8 Å². The number of imidazole rings is 1. The lowest BCUT2D eigenvalue weighted by atomic mass is 9.91. The Morgan fingerprint density at radius 1 is 1.32 bits per heavy atom. The molecular weight excluding hydrogens is 278 g/mol. The van der Waals surface area contributed by atoms with Crippen LogP contribution < -0.4 is 5.32 Å². The van der Waals surface area contributed by atoms with Gasteiger partial charge in [0.25, 0.3) is 0 Å². The van der Waals surface area contributed by atoms with Gasteiger partial charge in [-0.25, -0.2) is 15.0 Å². The minimum Gasteiger partial charge on any atom is -0.381 e. The minimum absolute atomic E-state index is 0.112. The quantitative estimate of drug-likeness (QED) is 0.919. The lowest BCUT2D eigenvalue weighted by Crippen LogP contribution is -2.29. The summed E-state index contributed by atoms with van der Waals surface area (Å²) in [7, 11) is 0. The fraction of sp³-hybridized carbons (Fsp3) is 0.562. The van der Waals surface area contributed by atoms with Crippen molar-refractivity contribution < 1.29 is 4.74 Å². The Bertz CT molecular complexity index is 606. The molecule has 0 aromatic carbocycles. The van der Waals surface area contributed by atoms with Crippen LogP contribution in [-0.4, -0.2) is 32.7 Å². The second-order valence-electron chi connectivity index (χ2n) is 5.66. The van der Waals surface area contributed by atoms with Crippen molar-refractivity contribution in [3.8, 4) is 0 Å². The Morgan fingerprint density at radius 2 is 2.14 bits per heavy atom. The van der Waals surface area contributed by atoms with E-state index in [0.29, 0.717) is 11.9 Å². The first-order chi connectivity index (χ1) is 10.8. The maximum Gasteiger partial charge on any atom is 0.223 e. The molecule has 1 aliphatic rings. The van der Waals surface area contributed by atoms with Crippen molar-refractivity contribution in [1.82, 2.24) is 19.5 Å². The van der Waals surface area contributed by atoms with Crippen molar-refractivity contribution in [2.24, 2.45) is 5.92 Å². The Hall–Kier alpha value is -1.95. The van der Waals surface area contributed by atoms with Crippen LogP contribution in [0.5, 0.6) is 0 Å². The number of aromatic nitrogens is 4. The first-order valence-corrected chi connectivity index (χ1v) is 7.93. The number of hydrogen-bond acceptors (Lipinski definition) is 5. The summed E-state index contributed by atoms with van der Waals surface area (Å²) in [6.45, 7) is 6.64. The molecule has 1 aliphatic heterocycles. The van der Waals surface area contributed by atoms with E-state index >= 15 is 0 Å². The molecule has 118 valence electrons. The summed E-state index contributed by atoms with van der Waals surface area (Å²) in [6.07, 6.45) is 7.74. The summed E-state index contributed by atoms with van der Waals surface area (Å²) in [5, 5.41) is 3.51. The van der Waals surface area contributed by atoms with Crippen LogP contribution in [0.2, 0.25) is 0 Å². The number of hydrogen-bond donors (Lipinski definition) is 1. The molecule has 3 rings (SSSR count). The van der Waals surface area contributed by atoms with Gasteiger partial charge in [0.15, 0.2) is 0 Å². The Morgan fingerprint density at radius 3 is 2.86 bits per heavy atom. The highest BCUT2D eigenvalue weighted by atomic mass is 16.5. The number of nitrogens with zero attached hydrogens (tertiary/aromatic N) is 4. The molecule has 0 saturated carbocycles. The van der Waals surface area contributed by atoms with E-state index in [1.807, 2.05) is 25.4 Å². The number of anilines is 1. The standard InChI is InChI=1S/C16H23N5O/c1-3-21-9-8-17-15(21)14(13-5-10-22-11-6-13)20-16-18-7-4-12(2)19-16/h4,7-9,13-14H,3,5-6,10-11H2,1-2H3,(H,18,19,20)/t14-/m1/s1. The van der Waals surface area contributed by atoms with Gasteiger partial charge in [0.2, 0.25) is 5.95 Å². The number of rotatable bonds is 5. The smallest absolute Gasteiger partial charge is 0.223 e. The third-order valence-corrected chi connectivity index (χ3v) is 4.18. The zero-order valence-corrected chi connectivity index (χ0v) is 13.2. The van der Waals surface area contributed by atoms with E-state index in [4.69, 9.17) is 4.74 Å². The van der Waals surface area contributed by atoms with Gasteiger partial charge in [-0.2, -0.15) is 0 Å². The highest BCUT2D eigenvalue weighted by molar-refractivity contribution is 5.29. The second-order valence-corrected chi connectivity index (χ2v) is 5.66. The molecule has 6 heteroatoms. The van der Waals surface area contributed by atoms with E-state index in [9.17, 15) is 0 Å². The van der Waals surface area contributed by atoms with Crippen molar-refractivity contribution in [1.29, 1.82) is 0 Å². The lowest BCUT2D eigenvalue weighted by Gasteiger charge is -2.30. The van der Waals surface area contributed by atoms with Crippen molar-refractivity contribution in [2.45, 2.75) is 39.3 Å². The van der Waals surface area contributed by atoms with Crippen LogP contribution in [0.3, 0.4) is 0 Å². The molecule has 0 spiro atoms. The average Bonchev–Trinajstić information content (AvgIpc) is 3.02. The predicted octanol–water partition coefficient (Wildman–Crippen LogP) is 2.58. The monoisotopic (exact) mass is 301 g/mol. The van der Waals surface area contributed by atoms with Crippen molar-refractivity contribution >= 4 is 5.95 Å². The largest absolute Gasteiger partial charge is 0.381 e. The molecule has 22 heavy (non-hydrogen) atoms. The highest BCUT2D eigenvalue weighted by Crippen LogP contribution is 2.31. The van der Waals surface area contributed by atoms with Gasteiger partial charge in [0.05, 0.1) is 6.04 Å². The summed E-state index contributed by atoms with van der Waals surface area (Å²) >= 11 is 0. The zero-order chi connectivity index (χ0) is 15.4. The van der Waals surface area contributed by atoms with Gasteiger partial charge >= 0.3 is 0 Å². The van der Waals surface area contributed by atoms with Gasteiger partial charge in [-0.05, 0) is 38.7 Å². The predicted molar refractivity (Wildman–Crippen MR) is 84.6 cm³/mol. The topological polar surface area (TPSA) is 64.9 Å². The fourth-order valence-electron chi connectivity index (χ4n) is 2.97. The molecule has 2 aromatic heterocycles. The van der Waals surface area contributed by atoms with Gasteiger partial charge in [0, 0.05) is 44.0 Å². The summed E-state index contributed by atoms with van der Waals surface area (Å²) in [5.41, 5.74) is 0.960. The molecule has 0 bridgehead atoms. The van der Waals surface area contributed by atoms with Crippen molar-refractivity contribution in [3.05, 3.63) is 36.2 Å². The van der Waals surface area contributed by atoms with E-state index in [0.717, 1.165) is 44.1 Å². The van der Waals surface area contributed by atoms with Crippen LogP contribution in [0, 0.1) is 12.8 Å². The minimum atomic E-state index is 0.112. The van der Waals surface area contributed by atoms with Crippen molar-refractivity contribution in [3.63, 3.8) is 0 Å². The maximum absolute atomic E-state index is 5.51. The molecule has 6 nitrogen and oxygen atoms in total. The van der Waals surface area contributed by atoms with Crippen LogP contribution in [0.4, 0.5) is 5.95 Å². The molecule has 3 heterocycles. The molecule has 0 radical (unpaired) electrons. The molecular formula is C16H23N5O. The zero-order valence-electron chi connectivity index (χ0n) is 13.2. The first-order valence-electron chi connectivity index (χ1n) is 7.93. The van der Waals surface area contributed by atoms with Crippen LogP contribution in [-0.2, 0) is 11.3 Å². The summed E-state index contributed by atoms with van der Waals surface area (Å²) in [5.74, 6) is 2.20. The molecule has 1 N–H and O–H groups in total. The molecule has 0 aliphatic carbocycles. The van der Waals surface area contributed by atoms with E-state index in [1.54, 1.807) is 6.20 Å². The second kappa shape index (κ2) is 6.87. The third kappa shape index (κ3) is 3.27. The van der Waals surface area contributed by atoms with E-state index < -0.39 is 0 Å². The molecule has 1 saturated heterocycles. The van der Waals surface area contributed by atoms with Gasteiger partial charge in [-0.3, -0.25) is 0 Å². The van der Waals surface area contributed by atoms with Gasteiger partial charge in [0.1, 0.15) is 5.82 Å². The SMILES string of the molecule is CCn1ccnc1[C@H](Nc1nccc(C)n1)C1CCOCC1. The highest BCUT2D eigenvalue weighted by Gasteiger charge is 2.29. The summed E-state index contributed by atoms with van der Waals surface area (Å²) < 4.78 is 7.69. The third-order valence-electron chi connectivity index (χ3n) is 4.18. The number of ether oxygens (including phenoxy) is 1. The molecule has 0 amide bonds. The normalized spacial score (nSPS) is 17.4. The van der Waals surface area contributed by atoms with E-state index in [-0.39, 0.29) is 6.04 Å². The summed E-state index contributed by atoms with van der Waals surface area (Å²) in [6, 6.07) is 2.02. The molecule has 2 aromatic rings. The Kier molecular flexibility index (Phi) is 4.68. The number of nitrogens with one attached hydrogen (secondary N) is 1.